The minimum Gasteiger partial charge on any atom is -0.481 e. The van der Waals surface area contributed by atoms with Crippen molar-refractivity contribution in [2.24, 2.45) is 26.6 Å². The monoisotopic (exact) mass is 348 g/mol. The molecule has 0 amide bonds. The molecule has 0 spiro atoms. The second-order valence-electron chi connectivity index (χ2n) is 6.77. The highest BCUT2D eigenvalue weighted by atomic mass is 35.5. The standard InChI is InChI=1S/C17H21ClN4O2/c1-17(19-21-22-20-17)14-8-7-12(10-15(14)18)13(16(23)24)9-11-5-3-2-4-6-11/h7-8,10-11,13H,2-6,9H2,1H3,(H,23,24). The van der Waals surface area contributed by atoms with Crippen LogP contribution >= 0.6 is 11.6 Å². The number of carbonyl (C=O) groups is 1. The Kier molecular flexibility index (Phi) is 4.94. The summed E-state index contributed by atoms with van der Waals surface area (Å²) >= 11 is 6.39. The zero-order valence-corrected chi connectivity index (χ0v) is 14.4. The zero-order valence-electron chi connectivity index (χ0n) is 13.7. The lowest BCUT2D eigenvalue weighted by atomic mass is 9.80. The van der Waals surface area contributed by atoms with Crippen LogP contribution in [-0.4, -0.2) is 11.1 Å². The van der Waals surface area contributed by atoms with E-state index in [4.69, 9.17) is 11.6 Å². The molecule has 1 fully saturated rings. The maximum absolute atomic E-state index is 11.8. The van der Waals surface area contributed by atoms with Crippen LogP contribution in [0.5, 0.6) is 0 Å². The molecule has 1 atom stereocenters. The molecule has 1 heterocycles. The number of hydrogen-bond donors (Lipinski definition) is 1. The van der Waals surface area contributed by atoms with Crippen molar-refractivity contribution >= 4 is 17.6 Å². The molecule has 1 aromatic carbocycles. The maximum Gasteiger partial charge on any atom is 0.310 e. The van der Waals surface area contributed by atoms with Gasteiger partial charge in [-0.15, -0.1) is 10.2 Å². The number of carboxylic acids is 1. The second-order valence-corrected chi connectivity index (χ2v) is 7.18. The van der Waals surface area contributed by atoms with E-state index < -0.39 is 17.6 Å². The van der Waals surface area contributed by atoms with Crippen molar-refractivity contribution < 1.29 is 9.90 Å². The summed E-state index contributed by atoms with van der Waals surface area (Å²) in [4.78, 5) is 11.8. The Morgan fingerprint density at radius 1 is 1.29 bits per heavy atom. The van der Waals surface area contributed by atoms with Crippen molar-refractivity contribution in [2.75, 3.05) is 0 Å². The van der Waals surface area contributed by atoms with Crippen LogP contribution in [0.25, 0.3) is 0 Å². The molecule has 0 radical (unpaired) electrons. The molecular formula is C17H21ClN4O2. The van der Waals surface area contributed by atoms with Gasteiger partial charge >= 0.3 is 5.97 Å². The fourth-order valence-corrected chi connectivity index (χ4v) is 3.98. The zero-order chi connectivity index (χ0) is 17.2. The number of rotatable bonds is 5. The highest BCUT2D eigenvalue weighted by molar-refractivity contribution is 6.31. The van der Waals surface area contributed by atoms with Gasteiger partial charge in [-0.3, -0.25) is 4.79 Å². The third-order valence-corrected chi connectivity index (χ3v) is 5.33. The van der Waals surface area contributed by atoms with E-state index >= 15 is 0 Å². The van der Waals surface area contributed by atoms with Crippen LogP contribution in [-0.2, 0) is 10.5 Å². The van der Waals surface area contributed by atoms with E-state index in [1.54, 1.807) is 19.1 Å². The Balaban J connectivity index is 1.83. The number of benzene rings is 1. The molecule has 1 unspecified atom stereocenters. The van der Waals surface area contributed by atoms with Gasteiger partial charge in [-0.1, -0.05) is 55.8 Å². The number of halogens is 1. The van der Waals surface area contributed by atoms with E-state index in [9.17, 15) is 9.90 Å². The van der Waals surface area contributed by atoms with E-state index in [-0.39, 0.29) is 0 Å². The molecule has 3 rings (SSSR count). The number of carboxylic acid groups (broad SMARTS) is 1. The summed E-state index contributed by atoms with van der Waals surface area (Å²) < 4.78 is 0. The summed E-state index contributed by atoms with van der Waals surface area (Å²) in [6.45, 7) is 1.77. The summed E-state index contributed by atoms with van der Waals surface area (Å²) in [6.07, 6.45) is 6.57. The van der Waals surface area contributed by atoms with Gasteiger partial charge in [0, 0.05) is 10.6 Å². The first-order valence-electron chi connectivity index (χ1n) is 8.36. The Hall–Kier alpha value is -1.82. The lowest BCUT2D eigenvalue weighted by molar-refractivity contribution is -0.139. The molecule has 0 bridgehead atoms. The Morgan fingerprint density at radius 3 is 2.54 bits per heavy atom. The molecule has 0 aromatic heterocycles. The van der Waals surface area contributed by atoms with Gasteiger partial charge in [0.05, 0.1) is 5.92 Å². The maximum atomic E-state index is 11.8. The highest BCUT2D eigenvalue weighted by Crippen LogP contribution is 2.39. The SMILES string of the molecule is CC1(c2ccc(C(CC3CCCCC3)C(=O)O)cc2Cl)N=NN=N1. The van der Waals surface area contributed by atoms with Gasteiger partial charge in [-0.2, -0.15) is 0 Å². The molecular weight excluding hydrogens is 328 g/mol. The van der Waals surface area contributed by atoms with Crippen molar-refractivity contribution in [3.05, 3.63) is 34.3 Å². The van der Waals surface area contributed by atoms with Gasteiger partial charge in [0.2, 0.25) is 5.66 Å². The van der Waals surface area contributed by atoms with Crippen molar-refractivity contribution in [1.82, 2.24) is 0 Å². The van der Waals surface area contributed by atoms with Crippen LogP contribution in [0.3, 0.4) is 0 Å². The average Bonchev–Trinajstić information content (AvgIpc) is 3.00. The highest BCUT2D eigenvalue weighted by Gasteiger charge is 2.33. The third-order valence-electron chi connectivity index (χ3n) is 5.02. The first kappa shape index (κ1) is 17.0. The number of nitrogens with zero attached hydrogens (tertiary/aromatic N) is 4. The molecule has 1 saturated carbocycles. The van der Waals surface area contributed by atoms with E-state index in [1.807, 2.05) is 6.07 Å². The van der Waals surface area contributed by atoms with Crippen LogP contribution in [0, 0.1) is 5.92 Å². The van der Waals surface area contributed by atoms with Gasteiger partial charge in [-0.25, -0.2) is 0 Å². The molecule has 24 heavy (non-hydrogen) atoms. The minimum atomic E-state index is -0.919. The van der Waals surface area contributed by atoms with Crippen LogP contribution in [0.4, 0.5) is 0 Å². The van der Waals surface area contributed by atoms with Crippen LogP contribution in [0.2, 0.25) is 5.02 Å². The topological polar surface area (TPSA) is 86.7 Å². The van der Waals surface area contributed by atoms with E-state index in [0.29, 0.717) is 22.9 Å². The van der Waals surface area contributed by atoms with Gasteiger partial charge in [0.1, 0.15) is 0 Å². The largest absolute Gasteiger partial charge is 0.481 e. The lowest BCUT2D eigenvalue weighted by Crippen LogP contribution is -2.19. The van der Waals surface area contributed by atoms with Gasteiger partial charge in [-0.05, 0) is 41.3 Å². The minimum absolute atomic E-state index is 0.449. The quantitative estimate of drug-likeness (QED) is 0.763. The molecule has 1 N–H and O–H groups in total. The summed E-state index contributed by atoms with van der Waals surface area (Å²) in [5.74, 6) is -0.844. The van der Waals surface area contributed by atoms with E-state index in [0.717, 1.165) is 18.4 Å². The van der Waals surface area contributed by atoms with Gasteiger partial charge < -0.3 is 5.11 Å². The lowest BCUT2D eigenvalue weighted by Gasteiger charge is -2.25. The molecule has 128 valence electrons. The number of hydrogen-bond acceptors (Lipinski definition) is 5. The fraction of sp³-hybridized carbons (Fsp3) is 0.588. The summed E-state index contributed by atoms with van der Waals surface area (Å²) in [6, 6.07) is 5.34. The first-order valence-corrected chi connectivity index (χ1v) is 8.74. The Labute approximate surface area is 146 Å². The predicted molar refractivity (Wildman–Crippen MR) is 90.1 cm³/mol. The summed E-state index contributed by atoms with van der Waals surface area (Å²) in [5.41, 5.74) is 0.495. The molecule has 1 aliphatic carbocycles. The van der Waals surface area contributed by atoms with Crippen molar-refractivity contribution in [3.8, 4) is 0 Å². The molecule has 7 heteroatoms. The molecule has 1 aliphatic heterocycles. The predicted octanol–water partition coefficient (Wildman–Crippen LogP) is 5.48. The Morgan fingerprint density at radius 2 is 1.96 bits per heavy atom. The van der Waals surface area contributed by atoms with E-state index in [1.165, 1.54) is 19.3 Å². The number of aliphatic carboxylic acids is 1. The normalized spacial score (nSPS) is 21.1. The molecule has 2 aliphatic rings. The van der Waals surface area contributed by atoms with Crippen molar-refractivity contribution in [1.29, 1.82) is 0 Å². The van der Waals surface area contributed by atoms with Crippen LogP contribution in [0.15, 0.2) is 38.9 Å². The third kappa shape index (κ3) is 3.48. The molecule has 1 aromatic rings. The summed E-state index contributed by atoms with van der Waals surface area (Å²) in [7, 11) is 0. The fourth-order valence-electron chi connectivity index (χ4n) is 3.61. The second kappa shape index (κ2) is 6.97. The van der Waals surface area contributed by atoms with Gasteiger partial charge in [0.25, 0.3) is 0 Å². The molecule has 6 nitrogen and oxygen atoms in total. The van der Waals surface area contributed by atoms with Crippen molar-refractivity contribution in [3.63, 3.8) is 0 Å². The smallest absolute Gasteiger partial charge is 0.310 e. The van der Waals surface area contributed by atoms with E-state index in [2.05, 4.69) is 20.7 Å². The Bertz CT molecular complexity index is 671. The van der Waals surface area contributed by atoms with Gasteiger partial charge in [0.15, 0.2) is 0 Å². The summed E-state index contributed by atoms with van der Waals surface area (Å²) in [5, 5.41) is 25.2. The van der Waals surface area contributed by atoms with Crippen LogP contribution < -0.4 is 0 Å². The molecule has 0 saturated heterocycles. The van der Waals surface area contributed by atoms with Crippen molar-refractivity contribution in [2.45, 2.75) is 57.0 Å². The first-order chi connectivity index (χ1) is 11.5. The average molecular weight is 349 g/mol. The van der Waals surface area contributed by atoms with Crippen LogP contribution in [0.1, 0.15) is 62.5 Å².